The van der Waals surface area contributed by atoms with Gasteiger partial charge in [0.1, 0.15) is 35.8 Å². The second-order valence-electron chi connectivity index (χ2n) is 21.3. The van der Waals surface area contributed by atoms with Gasteiger partial charge in [0.05, 0.1) is 13.2 Å². The normalized spacial score (nSPS) is 16.9. The summed E-state index contributed by atoms with van der Waals surface area (Å²) in [6.07, 6.45) is 9.64. The number of aryl methyl sites for hydroxylation is 2. The minimum absolute atomic E-state index is 0.343. The number of unbranched alkanes of at least 4 members (excludes halogenated alkanes) is 3. The summed E-state index contributed by atoms with van der Waals surface area (Å²) in [6, 6.07) is 33.8. The largest absolute Gasteiger partial charge is 0.494 e. The number of ether oxygens (including phenoxy) is 4. The number of amides is 2. The van der Waals surface area contributed by atoms with Crippen molar-refractivity contribution in [2.45, 2.75) is 169 Å². The van der Waals surface area contributed by atoms with E-state index in [1.165, 1.54) is 9.80 Å². The van der Waals surface area contributed by atoms with Crippen LogP contribution >= 0.6 is 0 Å². The second kappa shape index (κ2) is 27.8. The number of carbonyl (C=O) groups is 6. The maximum atomic E-state index is 14.0. The minimum atomic E-state index is -0.822. The quantitative estimate of drug-likeness (QED) is 0.0321. The van der Waals surface area contributed by atoms with Crippen LogP contribution in [-0.2, 0) is 51.1 Å². The predicted molar refractivity (Wildman–Crippen MR) is 286 cm³/mol. The zero-order chi connectivity index (χ0) is 53.1. The Morgan fingerprint density at radius 2 is 0.905 bits per heavy atom. The summed E-state index contributed by atoms with van der Waals surface area (Å²) < 4.78 is 25.1. The molecule has 2 amide bonds. The van der Waals surface area contributed by atoms with E-state index in [4.69, 9.17) is 18.9 Å². The molecule has 74 heavy (non-hydrogen) atoms. The molecule has 2 saturated heterocycles. The number of piperidine rings is 2. The van der Waals surface area contributed by atoms with Gasteiger partial charge >= 0.3 is 11.9 Å². The Morgan fingerprint density at radius 3 is 1.28 bits per heavy atom. The molecule has 0 aromatic heterocycles. The highest BCUT2D eigenvalue weighted by atomic mass is 16.6. The highest BCUT2D eigenvalue weighted by molar-refractivity contribution is 6.38. The smallest absolute Gasteiger partial charge is 0.329 e. The monoisotopic (exact) mass is 1010 g/mol. The number of benzene rings is 4. The molecule has 12 nitrogen and oxygen atoms in total. The number of esters is 2. The molecule has 0 radical (unpaired) electrons. The van der Waals surface area contributed by atoms with Crippen LogP contribution in [0.25, 0.3) is 0 Å². The van der Waals surface area contributed by atoms with Crippen molar-refractivity contribution in [1.82, 2.24) is 9.80 Å². The molecule has 4 aromatic carbocycles. The van der Waals surface area contributed by atoms with Crippen LogP contribution in [0.15, 0.2) is 109 Å². The van der Waals surface area contributed by atoms with Crippen molar-refractivity contribution in [3.8, 4) is 11.5 Å². The molecule has 2 unspecified atom stereocenters. The number of likely N-dealkylation sites (tertiary alicyclic amines) is 2. The lowest BCUT2D eigenvalue weighted by molar-refractivity contribution is -0.165. The molecule has 2 fully saturated rings. The standard InChI is InChI=1S/C62H80N2O10/c1-7-61(3,4)55(65)57(67)63-39-19-17-33-51(63)59(69)73-53(37-35-45-25-13-11-14-26-45)47-29-23-31-49(43-47)71-41-21-9-10-22-42-72-50-32-24-30-48(44-50)54(38-36-46-27-15-12-16-28-46)74-60(70)52-34-18-20-40-64(52)58(68)56(66)62(5,6)8-2/h11-16,23-32,43-44,51-54H,7-10,17-22,33-42H2,1-6H3/t51?,52?,53-,54-/m1/s1. The van der Waals surface area contributed by atoms with Gasteiger partial charge in [-0.3, -0.25) is 19.2 Å². The summed E-state index contributed by atoms with van der Waals surface area (Å²) >= 11 is 0. The van der Waals surface area contributed by atoms with Crippen LogP contribution < -0.4 is 9.47 Å². The van der Waals surface area contributed by atoms with E-state index in [2.05, 4.69) is 24.3 Å². The molecule has 0 aliphatic carbocycles. The first-order chi connectivity index (χ1) is 35.6. The Hall–Kier alpha value is -6.30. The molecule has 4 atom stereocenters. The van der Waals surface area contributed by atoms with Crippen molar-refractivity contribution >= 4 is 35.3 Å². The van der Waals surface area contributed by atoms with E-state index in [1.807, 2.05) is 98.8 Å². The lowest BCUT2D eigenvalue weighted by atomic mass is 9.84. The Morgan fingerprint density at radius 1 is 0.514 bits per heavy atom. The molecule has 6 rings (SSSR count). The maximum Gasteiger partial charge on any atom is 0.329 e. The highest BCUT2D eigenvalue weighted by Crippen LogP contribution is 2.33. The lowest BCUT2D eigenvalue weighted by Gasteiger charge is -2.36. The molecule has 0 N–H and O–H groups in total. The summed E-state index contributed by atoms with van der Waals surface area (Å²) in [5, 5.41) is 0. The molecular formula is C62H80N2O10. The molecule has 0 saturated carbocycles. The Labute approximate surface area is 439 Å². The van der Waals surface area contributed by atoms with Gasteiger partial charge in [-0.15, -0.1) is 0 Å². The van der Waals surface area contributed by atoms with Gasteiger partial charge < -0.3 is 28.7 Å². The summed E-state index contributed by atoms with van der Waals surface area (Å²) in [5.74, 6) is -1.81. The Balaban J connectivity index is 1.01. The average molecular weight is 1010 g/mol. The van der Waals surface area contributed by atoms with Gasteiger partial charge in [0.2, 0.25) is 11.6 Å². The SMILES string of the molecule is CCC(C)(C)C(=O)C(=O)N1CCCCC1C(=O)O[C@H](CCc1ccccc1)c1cccc(OCCCCCCOc2cccc([C@@H](CCc3ccccc3)OC(=O)C3CCCCN3C(=O)C(=O)C(C)(C)CC)c2)c1. The van der Waals surface area contributed by atoms with Crippen molar-refractivity contribution in [1.29, 1.82) is 0 Å². The molecule has 12 heteroatoms. The third-order valence-electron chi connectivity index (χ3n) is 15.1. The van der Waals surface area contributed by atoms with Gasteiger partial charge in [-0.2, -0.15) is 0 Å². The van der Waals surface area contributed by atoms with Gasteiger partial charge in [0, 0.05) is 23.9 Å². The number of carbonyl (C=O) groups excluding carboxylic acids is 6. The molecule has 2 heterocycles. The van der Waals surface area contributed by atoms with Crippen molar-refractivity contribution < 1.29 is 47.7 Å². The van der Waals surface area contributed by atoms with Crippen molar-refractivity contribution in [2.75, 3.05) is 26.3 Å². The first-order valence-electron chi connectivity index (χ1n) is 27.3. The van der Waals surface area contributed by atoms with Crippen molar-refractivity contribution in [3.63, 3.8) is 0 Å². The fourth-order valence-corrected chi connectivity index (χ4v) is 9.46. The van der Waals surface area contributed by atoms with Crippen LogP contribution in [-0.4, -0.2) is 83.5 Å². The van der Waals surface area contributed by atoms with E-state index < -0.39 is 70.4 Å². The summed E-state index contributed by atoms with van der Waals surface area (Å²) in [4.78, 5) is 84.4. The molecule has 4 aromatic rings. The third-order valence-corrected chi connectivity index (χ3v) is 15.1. The van der Waals surface area contributed by atoms with Crippen molar-refractivity contribution in [2.24, 2.45) is 10.8 Å². The van der Waals surface area contributed by atoms with Crippen molar-refractivity contribution in [3.05, 3.63) is 131 Å². The van der Waals surface area contributed by atoms with Crippen LogP contribution in [0.4, 0.5) is 0 Å². The number of hydrogen-bond acceptors (Lipinski definition) is 10. The summed E-state index contributed by atoms with van der Waals surface area (Å²) in [7, 11) is 0. The van der Waals surface area contributed by atoms with E-state index in [1.54, 1.807) is 27.7 Å². The number of hydrogen-bond donors (Lipinski definition) is 0. The summed E-state index contributed by atoms with van der Waals surface area (Å²) in [5.41, 5.74) is 2.21. The molecule has 2 aliphatic rings. The van der Waals surface area contributed by atoms with Crippen LogP contribution in [0.2, 0.25) is 0 Å². The number of rotatable bonds is 27. The molecule has 0 spiro atoms. The Kier molecular flexibility index (Phi) is 21.4. The van der Waals surface area contributed by atoms with Gasteiger partial charge in [-0.25, -0.2) is 9.59 Å². The molecule has 2 aliphatic heterocycles. The highest BCUT2D eigenvalue weighted by Gasteiger charge is 2.43. The van der Waals surface area contributed by atoms with E-state index in [0.717, 1.165) is 73.6 Å². The first-order valence-corrected chi connectivity index (χ1v) is 27.3. The van der Waals surface area contributed by atoms with Gasteiger partial charge in [-0.1, -0.05) is 126 Å². The lowest BCUT2D eigenvalue weighted by Crippen LogP contribution is -2.53. The zero-order valence-electron chi connectivity index (χ0n) is 44.8. The number of nitrogens with zero attached hydrogens (tertiary/aromatic N) is 2. The van der Waals surface area contributed by atoms with E-state index >= 15 is 0 Å². The average Bonchev–Trinajstić information content (AvgIpc) is 3.43. The van der Waals surface area contributed by atoms with E-state index in [0.29, 0.717) is 89.2 Å². The molecule has 398 valence electrons. The second-order valence-corrected chi connectivity index (χ2v) is 21.3. The third kappa shape index (κ3) is 16.1. The van der Waals surface area contributed by atoms with Crippen LogP contribution in [0, 0.1) is 10.8 Å². The first kappa shape index (κ1) is 57.0. The van der Waals surface area contributed by atoms with Crippen LogP contribution in [0.3, 0.4) is 0 Å². The maximum absolute atomic E-state index is 14.0. The van der Waals surface area contributed by atoms with Gasteiger partial charge in [0.15, 0.2) is 0 Å². The topological polar surface area (TPSA) is 146 Å². The summed E-state index contributed by atoms with van der Waals surface area (Å²) in [6.45, 7) is 12.5. The van der Waals surface area contributed by atoms with Crippen LogP contribution in [0.5, 0.6) is 11.5 Å². The zero-order valence-corrected chi connectivity index (χ0v) is 44.8. The number of ketones is 2. The molecular weight excluding hydrogens is 933 g/mol. The van der Waals surface area contributed by atoms with E-state index in [9.17, 15) is 28.8 Å². The van der Waals surface area contributed by atoms with E-state index in [-0.39, 0.29) is 0 Å². The minimum Gasteiger partial charge on any atom is -0.494 e. The Bertz CT molecular complexity index is 2300. The fraction of sp³-hybridized carbons (Fsp3) is 0.516. The van der Waals surface area contributed by atoms with Crippen LogP contribution in [0.1, 0.15) is 166 Å². The van der Waals surface area contributed by atoms with Gasteiger partial charge in [0.25, 0.3) is 11.8 Å². The fourth-order valence-electron chi connectivity index (χ4n) is 9.46. The van der Waals surface area contributed by atoms with Gasteiger partial charge in [-0.05, 0) is 149 Å². The number of Topliss-reactive ketones (excluding diaryl/α,β-unsaturated/α-hetero) is 2. The molecule has 0 bridgehead atoms. The predicted octanol–water partition coefficient (Wildman–Crippen LogP) is 11.9.